The average molecular weight is 337 g/mol. The Hall–Kier alpha value is -3.15. The molecule has 0 aliphatic rings. The Balaban J connectivity index is 1.47. The first-order valence-corrected chi connectivity index (χ1v) is 7.96. The van der Waals surface area contributed by atoms with Gasteiger partial charge >= 0.3 is 0 Å². The number of nitrogens with one attached hydrogen (secondary N) is 1. The third kappa shape index (κ3) is 4.67. The van der Waals surface area contributed by atoms with Crippen molar-refractivity contribution in [2.75, 3.05) is 6.61 Å². The van der Waals surface area contributed by atoms with Gasteiger partial charge < -0.3 is 14.5 Å². The van der Waals surface area contributed by atoms with E-state index in [4.69, 9.17) is 9.15 Å². The molecule has 2 aromatic carbocycles. The number of aromatic nitrogens is 2. The maximum Gasteiger partial charge on any atom is 0.258 e. The Bertz CT molecular complexity index is 839. The summed E-state index contributed by atoms with van der Waals surface area (Å²) in [5, 5.41) is 10.6. The summed E-state index contributed by atoms with van der Waals surface area (Å²) < 4.78 is 10.9. The van der Waals surface area contributed by atoms with Gasteiger partial charge in [-0.1, -0.05) is 29.8 Å². The molecule has 0 radical (unpaired) electrons. The normalized spacial score (nSPS) is 10.5. The van der Waals surface area contributed by atoms with Gasteiger partial charge in [-0.05, 0) is 36.8 Å². The summed E-state index contributed by atoms with van der Waals surface area (Å²) in [5.74, 6) is 1.41. The molecule has 0 atom stereocenters. The van der Waals surface area contributed by atoms with Crippen LogP contribution in [0.25, 0.3) is 11.5 Å². The van der Waals surface area contributed by atoms with Crippen LogP contribution in [0.2, 0.25) is 0 Å². The Morgan fingerprint density at radius 2 is 1.76 bits per heavy atom. The number of carbonyl (C=O) groups is 1. The predicted octanol–water partition coefficient (Wildman–Crippen LogP) is 3.05. The second-order valence-corrected chi connectivity index (χ2v) is 5.70. The summed E-state index contributed by atoms with van der Waals surface area (Å²) in [6.45, 7) is 4.22. The maximum atomic E-state index is 11.9. The van der Waals surface area contributed by atoms with Crippen molar-refractivity contribution in [2.45, 2.75) is 20.4 Å². The summed E-state index contributed by atoms with van der Waals surface area (Å²) in [5.41, 5.74) is 3.05. The molecule has 0 bridgehead atoms. The Labute approximate surface area is 145 Å². The van der Waals surface area contributed by atoms with Gasteiger partial charge in [0.2, 0.25) is 11.8 Å². The molecule has 0 saturated heterocycles. The molecule has 6 heteroatoms. The first-order valence-electron chi connectivity index (χ1n) is 7.96. The highest BCUT2D eigenvalue weighted by molar-refractivity contribution is 5.77. The van der Waals surface area contributed by atoms with Crippen molar-refractivity contribution in [3.63, 3.8) is 0 Å². The molecule has 1 amide bonds. The smallest absolute Gasteiger partial charge is 0.258 e. The molecule has 6 nitrogen and oxygen atoms in total. The Morgan fingerprint density at radius 3 is 2.40 bits per heavy atom. The molecule has 0 aliphatic carbocycles. The Kier molecular flexibility index (Phi) is 5.09. The first kappa shape index (κ1) is 16.7. The van der Waals surface area contributed by atoms with Crippen LogP contribution in [-0.4, -0.2) is 22.7 Å². The second kappa shape index (κ2) is 7.61. The largest absolute Gasteiger partial charge is 0.484 e. The fourth-order valence-corrected chi connectivity index (χ4v) is 2.21. The van der Waals surface area contributed by atoms with Crippen molar-refractivity contribution >= 4 is 5.91 Å². The molecular formula is C19H19N3O3. The molecule has 0 aliphatic heterocycles. The van der Waals surface area contributed by atoms with Crippen LogP contribution in [0, 0.1) is 13.8 Å². The van der Waals surface area contributed by atoms with Gasteiger partial charge in [0.15, 0.2) is 6.61 Å². The monoisotopic (exact) mass is 337 g/mol. The zero-order chi connectivity index (χ0) is 17.6. The third-order valence-corrected chi connectivity index (χ3v) is 3.61. The van der Waals surface area contributed by atoms with E-state index in [1.54, 1.807) is 19.1 Å². The van der Waals surface area contributed by atoms with Crippen LogP contribution in [0.4, 0.5) is 0 Å². The molecule has 0 unspecified atom stereocenters. The van der Waals surface area contributed by atoms with E-state index in [9.17, 15) is 4.79 Å². The number of aryl methyl sites for hydroxylation is 2. The minimum absolute atomic E-state index is 0.0368. The molecule has 1 heterocycles. The Morgan fingerprint density at radius 1 is 1.04 bits per heavy atom. The molecular weight excluding hydrogens is 318 g/mol. The lowest BCUT2D eigenvalue weighted by molar-refractivity contribution is -0.123. The molecule has 0 saturated carbocycles. The van der Waals surface area contributed by atoms with Crippen LogP contribution in [-0.2, 0) is 11.3 Å². The van der Waals surface area contributed by atoms with Gasteiger partial charge in [0.25, 0.3) is 5.91 Å². The van der Waals surface area contributed by atoms with Crippen molar-refractivity contribution < 1.29 is 13.9 Å². The van der Waals surface area contributed by atoms with Gasteiger partial charge in [-0.25, -0.2) is 0 Å². The minimum Gasteiger partial charge on any atom is -0.484 e. The first-order chi connectivity index (χ1) is 12.1. The van der Waals surface area contributed by atoms with Gasteiger partial charge in [0.05, 0.1) is 0 Å². The van der Waals surface area contributed by atoms with Crippen LogP contribution in [0.3, 0.4) is 0 Å². The lowest BCUT2D eigenvalue weighted by Crippen LogP contribution is -2.28. The van der Waals surface area contributed by atoms with Crippen molar-refractivity contribution in [3.8, 4) is 17.2 Å². The van der Waals surface area contributed by atoms with E-state index in [1.807, 2.05) is 43.3 Å². The van der Waals surface area contributed by atoms with Gasteiger partial charge in [0.1, 0.15) is 5.75 Å². The standard InChI is InChI=1S/C19H19N3O3/c1-13-3-5-15(6-4-13)11-20-18(23)12-24-17-9-7-16(8-10-17)19-22-21-14(2)25-19/h3-10H,11-12H2,1-2H3,(H,20,23). The highest BCUT2D eigenvalue weighted by Crippen LogP contribution is 2.21. The fraction of sp³-hybridized carbons (Fsp3) is 0.211. The lowest BCUT2D eigenvalue weighted by Gasteiger charge is -2.08. The number of hydrogen-bond acceptors (Lipinski definition) is 5. The number of benzene rings is 2. The molecule has 25 heavy (non-hydrogen) atoms. The summed E-state index contributed by atoms with van der Waals surface area (Å²) in [6, 6.07) is 15.2. The highest BCUT2D eigenvalue weighted by atomic mass is 16.5. The van der Waals surface area contributed by atoms with E-state index in [1.165, 1.54) is 5.56 Å². The van der Waals surface area contributed by atoms with Gasteiger partial charge in [0, 0.05) is 19.0 Å². The maximum absolute atomic E-state index is 11.9. The quantitative estimate of drug-likeness (QED) is 0.748. The highest BCUT2D eigenvalue weighted by Gasteiger charge is 2.07. The molecule has 0 spiro atoms. The van der Waals surface area contributed by atoms with E-state index < -0.39 is 0 Å². The zero-order valence-corrected chi connectivity index (χ0v) is 14.2. The topological polar surface area (TPSA) is 77.2 Å². The zero-order valence-electron chi connectivity index (χ0n) is 14.2. The van der Waals surface area contributed by atoms with E-state index in [2.05, 4.69) is 15.5 Å². The van der Waals surface area contributed by atoms with Gasteiger partial charge in [-0.3, -0.25) is 4.79 Å². The summed E-state index contributed by atoms with van der Waals surface area (Å²) >= 11 is 0. The fourth-order valence-electron chi connectivity index (χ4n) is 2.21. The van der Waals surface area contributed by atoms with Gasteiger partial charge in [-0.15, -0.1) is 10.2 Å². The van der Waals surface area contributed by atoms with Gasteiger partial charge in [-0.2, -0.15) is 0 Å². The van der Waals surface area contributed by atoms with Crippen LogP contribution in [0.1, 0.15) is 17.0 Å². The lowest BCUT2D eigenvalue weighted by atomic mass is 10.1. The van der Waals surface area contributed by atoms with Crippen molar-refractivity contribution in [2.24, 2.45) is 0 Å². The molecule has 0 fully saturated rings. The van der Waals surface area contributed by atoms with Crippen LogP contribution < -0.4 is 10.1 Å². The number of hydrogen-bond donors (Lipinski definition) is 1. The number of carbonyl (C=O) groups excluding carboxylic acids is 1. The van der Waals surface area contributed by atoms with E-state index in [0.717, 1.165) is 11.1 Å². The summed E-state index contributed by atoms with van der Waals surface area (Å²) in [7, 11) is 0. The average Bonchev–Trinajstić information content (AvgIpc) is 3.06. The second-order valence-electron chi connectivity index (χ2n) is 5.70. The predicted molar refractivity (Wildman–Crippen MR) is 93.0 cm³/mol. The van der Waals surface area contributed by atoms with Crippen molar-refractivity contribution in [1.82, 2.24) is 15.5 Å². The van der Waals surface area contributed by atoms with E-state index >= 15 is 0 Å². The molecule has 1 aromatic heterocycles. The van der Waals surface area contributed by atoms with Crippen molar-refractivity contribution in [3.05, 3.63) is 65.5 Å². The molecule has 3 rings (SSSR count). The molecule has 3 aromatic rings. The number of rotatable bonds is 6. The van der Waals surface area contributed by atoms with E-state index in [-0.39, 0.29) is 12.5 Å². The summed E-state index contributed by atoms with van der Waals surface area (Å²) in [4.78, 5) is 11.9. The SMILES string of the molecule is Cc1ccc(CNC(=O)COc2ccc(-c3nnc(C)o3)cc2)cc1. The number of nitrogens with zero attached hydrogens (tertiary/aromatic N) is 2. The third-order valence-electron chi connectivity index (χ3n) is 3.61. The van der Waals surface area contributed by atoms with Crippen LogP contribution >= 0.6 is 0 Å². The molecule has 1 N–H and O–H groups in total. The number of ether oxygens (including phenoxy) is 1. The molecule has 128 valence electrons. The number of amides is 1. The van der Waals surface area contributed by atoms with Crippen LogP contribution in [0.15, 0.2) is 52.9 Å². The summed E-state index contributed by atoms with van der Waals surface area (Å²) in [6.07, 6.45) is 0. The van der Waals surface area contributed by atoms with Crippen molar-refractivity contribution in [1.29, 1.82) is 0 Å². The minimum atomic E-state index is -0.169. The van der Waals surface area contributed by atoms with E-state index in [0.29, 0.717) is 24.1 Å². The van der Waals surface area contributed by atoms with Crippen LogP contribution in [0.5, 0.6) is 5.75 Å².